The summed E-state index contributed by atoms with van der Waals surface area (Å²) in [5, 5.41) is 6.98. The van der Waals surface area contributed by atoms with Gasteiger partial charge in [0.2, 0.25) is 0 Å². The molecule has 0 spiro atoms. The first-order valence-electron chi connectivity index (χ1n) is 13.7. The minimum Gasteiger partial charge on any atom is -0.291 e. The normalized spacial score (nSPS) is 11.9. The van der Waals surface area contributed by atoms with Gasteiger partial charge in [-0.1, -0.05) is 109 Å². The number of fused-ring (bicyclic) bond motifs is 12. The second-order valence-corrected chi connectivity index (χ2v) is 10.3. The summed E-state index contributed by atoms with van der Waals surface area (Å²) in [6, 6.07) is 40.7. The van der Waals surface area contributed by atoms with E-state index in [-0.39, 0.29) is 0 Å². The molecule has 0 atom stereocenters. The number of benzene rings is 5. The molecule has 0 bridgehead atoms. The lowest BCUT2D eigenvalue weighted by atomic mass is 9.92. The third kappa shape index (κ3) is 3.11. The van der Waals surface area contributed by atoms with E-state index >= 15 is 0 Å². The molecule has 41 heavy (non-hydrogen) atoms. The molecule has 0 N–H and O–H groups in total. The van der Waals surface area contributed by atoms with Gasteiger partial charge in [0.05, 0.1) is 11.2 Å². The quantitative estimate of drug-likeness (QED) is 0.168. The molecule has 0 radical (unpaired) electrons. The molecule has 5 heteroatoms. The maximum atomic E-state index is 5.17. The SMILES string of the molecule is c1ccc(-c2cc(-c3ccccc3)n3c4nc5nccnc5nc4c4c5ccccc5c5ccccc5c4c23)cc1. The van der Waals surface area contributed by atoms with Crippen LogP contribution in [0.15, 0.2) is 128 Å². The first kappa shape index (κ1) is 22.2. The largest absolute Gasteiger partial charge is 0.291 e. The molecule has 5 nitrogen and oxygen atoms in total. The maximum absolute atomic E-state index is 5.17. The Bertz CT molecular complexity index is 2460. The monoisotopic (exact) mass is 523 g/mol. The molecular weight excluding hydrogens is 502 g/mol. The second kappa shape index (κ2) is 8.41. The Hall–Kier alpha value is -5.68. The van der Waals surface area contributed by atoms with Gasteiger partial charge in [-0.05, 0) is 38.7 Å². The minimum absolute atomic E-state index is 0.528. The fourth-order valence-corrected chi connectivity index (χ4v) is 6.38. The third-order valence-corrected chi connectivity index (χ3v) is 8.08. The zero-order valence-electron chi connectivity index (χ0n) is 21.9. The van der Waals surface area contributed by atoms with E-state index in [9.17, 15) is 0 Å². The van der Waals surface area contributed by atoms with Gasteiger partial charge in [0.15, 0.2) is 16.9 Å². The Kier molecular flexibility index (Phi) is 4.55. The Morgan fingerprint density at radius 2 is 1.02 bits per heavy atom. The molecule has 4 heterocycles. The summed E-state index contributed by atoms with van der Waals surface area (Å²) in [6.07, 6.45) is 3.35. The van der Waals surface area contributed by atoms with Gasteiger partial charge < -0.3 is 0 Å². The molecule has 0 saturated heterocycles. The van der Waals surface area contributed by atoms with Crippen LogP contribution in [0.5, 0.6) is 0 Å². The van der Waals surface area contributed by atoms with Crippen molar-refractivity contribution in [3.8, 4) is 22.4 Å². The van der Waals surface area contributed by atoms with Crippen molar-refractivity contribution in [1.82, 2.24) is 24.3 Å². The van der Waals surface area contributed by atoms with Crippen LogP contribution in [-0.4, -0.2) is 24.3 Å². The summed E-state index contributed by atoms with van der Waals surface area (Å²) in [7, 11) is 0. The van der Waals surface area contributed by atoms with Crippen LogP contribution in [0.25, 0.3) is 82.7 Å². The maximum Gasteiger partial charge on any atom is 0.199 e. The van der Waals surface area contributed by atoms with Gasteiger partial charge in [0, 0.05) is 28.7 Å². The van der Waals surface area contributed by atoms with Crippen LogP contribution < -0.4 is 0 Å². The van der Waals surface area contributed by atoms with Crippen molar-refractivity contribution in [3.63, 3.8) is 0 Å². The van der Waals surface area contributed by atoms with Crippen LogP contribution in [0, 0.1) is 0 Å². The first-order valence-corrected chi connectivity index (χ1v) is 13.7. The van der Waals surface area contributed by atoms with Crippen molar-refractivity contribution in [3.05, 3.63) is 128 Å². The van der Waals surface area contributed by atoms with E-state index in [4.69, 9.17) is 9.97 Å². The predicted molar refractivity (Wildman–Crippen MR) is 167 cm³/mol. The number of aromatic nitrogens is 5. The van der Waals surface area contributed by atoms with E-state index in [2.05, 4.69) is 124 Å². The molecule has 0 unspecified atom stereocenters. The van der Waals surface area contributed by atoms with Crippen LogP contribution in [0.2, 0.25) is 0 Å². The lowest BCUT2D eigenvalue weighted by Crippen LogP contribution is -2.01. The second-order valence-electron chi connectivity index (χ2n) is 10.3. The van der Waals surface area contributed by atoms with Gasteiger partial charge >= 0.3 is 0 Å². The number of rotatable bonds is 2. The number of hydrogen-bond acceptors (Lipinski definition) is 4. The smallest absolute Gasteiger partial charge is 0.199 e. The molecule has 9 rings (SSSR count). The highest BCUT2D eigenvalue weighted by molar-refractivity contribution is 6.35. The highest BCUT2D eigenvalue weighted by Gasteiger charge is 2.24. The van der Waals surface area contributed by atoms with E-state index in [0.717, 1.165) is 55.2 Å². The number of pyridine rings is 1. The predicted octanol–water partition coefficient (Wildman–Crippen LogP) is 8.62. The van der Waals surface area contributed by atoms with Crippen molar-refractivity contribution < 1.29 is 0 Å². The summed E-state index contributed by atoms with van der Waals surface area (Å²) in [5.41, 5.74) is 8.22. The molecule has 0 saturated carbocycles. The van der Waals surface area contributed by atoms with Crippen molar-refractivity contribution in [1.29, 1.82) is 0 Å². The lowest BCUT2D eigenvalue weighted by molar-refractivity contribution is 1.16. The Labute approximate surface area is 234 Å². The Morgan fingerprint density at radius 1 is 0.488 bits per heavy atom. The lowest BCUT2D eigenvalue weighted by Gasteiger charge is -2.16. The topological polar surface area (TPSA) is 56.0 Å². The molecule has 0 aliphatic carbocycles. The van der Waals surface area contributed by atoms with Gasteiger partial charge in [0.1, 0.15) is 5.52 Å². The van der Waals surface area contributed by atoms with Crippen molar-refractivity contribution in [2.45, 2.75) is 0 Å². The van der Waals surface area contributed by atoms with Gasteiger partial charge in [-0.3, -0.25) is 4.40 Å². The average molecular weight is 524 g/mol. The first-order chi connectivity index (χ1) is 20.4. The van der Waals surface area contributed by atoms with Gasteiger partial charge in [-0.25, -0.2) is 19.9 Å². The van der Waals surface area contributed by atoms with Gasteiger partial charge in [-0.15, -0.1) is 0 Å². The third-order valence-electron chi connectivity index (χ3n) is 8.08. The summed E-state index contributed by atoms with van der Waals surface area (Å²) >= 11 is 0. The van der Waals surface area contributed by atoms with E-state index in [1.54, 1.807) is 12.4 Å². The van der Waals surface area contributed by atoms with Crippen molar-refractivity contribution in [2.75, 3.05) is 0 Å². The zero-order valence-corrected chi connectivity index (χ0v) is 21.9. The highest BCUT2D eigenvalue weighted by atomic mass is 15.1. The summed E-state index contributed by atoms with van der Waals surface area (Å²) in [4.78, 5) is 19.4. The molecular formula is C36H21N5. The molecule has 0 amide bonds. The molecule has 0 fully saturated rings. The van der Waals surface area contributed by atoms with Crippen molar-refractivity contribution in [2.24, 2.45) is 0 Å². The Balaban J connectivity index is 1.67. The summed E-state index contributed by atoms with van der Waals surface area (Å²) in [6.45, 7) is 0. The van der Waals surface area contributed by atoms with Crippen LogP contribution in [0.4, 0.5) is 0 Å². The van der Waals surface area contributed by atoms with Gasteiger partial charge in [-0.2, -0.15) is 0 Å². The van der Waals surface area contributed by atoms with E-state index in [1.165, 1.54) is 16.2 Å². The summed E-state index contributed by atoms with van der Waals surface area (Å²) in [5.74, 6) is 0. The number of nitrogens with zero attached hydrogens (tertiary/aromatic N) is 5. The fourth-order valence-electron chi connectivity index (χ4n) is 6.38. The van der Waals surface area contributed by atoms with E-state index in [0.29, 0.717) is 11.3 Å². The van der Waals surface area contributed by atoms with Crippen LogP contribution >= 0.6 is 0 Å². The summed E-state index contributed by atoms with van der Waals surface area (Å²) < 4.78 is 2.29. The van der Waals surface area contributed by atoms with Crippen molar-refractivity contribution >= 4 is 60.3 Å². The fraction of sp³-hybridized carbons (Fsp3) is 0. The standard InChI is InChI=1S/C36H21N5/c1-3-11-22(12-4-1)28-21-29(23-13-5-2-6-14-23)41-33(28)31-27-18-10-8-16-25(27)24-15-7-9-17-26(24)30(31)32-36(41)40-35-34(39-32)37-19-20-38-35/h1-21H. The van der Waals surface area contributed by atoms with E-state index in [1.807, 2.05) is 6.07 Å². The molecule has 5 aromatic carbocycles. The van der Waals surface area contributed by atoms with Crippen LogP contribution in [0.1, 0.15) is 0 Å². The number of hydrogen-bond donors (Lipinski definition) is 0. The minimum atomic E-state index is 0.528. The molecule has 0 aliphatic rings. The van der Waals surface area contributed by atoms with E-state index < -0.39 is 0 Å². The Morgan fingerprint density at radius 3 is 1.68 bits per heavy atom. The van der Waals surface area contributed by atoms with Gasteiger partial charge in [0.25, 0.3) is 0 Å². The molecule has 4 aromatic heterocycles. The zero-order chi connectivity index (χ0) is 26.9. The molecule has 9 aromatic rings. The van der Waals surface area contributed by atoms with Crippen LogP contribution in [0.3, 0.4) is 0 Å². The average Bonchev–Trinajstić information content (AvgIpc) is 3.45. The molecule has 0 aliphatic heterocycles. The highest BCUT2D eigenvalue weighted by Crippen LogP contribution is 2.45. The molecule has 190 valence electrons. The van der Waals surface area contributed by atoms with Crippen LogP contribution in [-0.2, 0) is 0 Å².